The molecule has 1 aliphatic heterocycles. The van der Waals surface area contributed by atoms with Gasteiger partial charge < -0.3 is 15.3 Å². The van der Waals surface area contributed by atoms with E-state index in [1.54, 1.807) is 6.92 Å². The van der Waals surface area contributed by atoms with Crippen LogP contribution in [-0.2, 0) is 4.79 Å². The molecule has 0 bridgehead atoms. The molecule has 16 heavy (non-hydrogen) atoms. The van der Waals surface area contributed by atoms with Crippen LogP contribution in [0.5, 0.6) is 0 Å². The van der Waals surface area contributed by atoms with Crippen LogP contribution >= 0.6 is 0 Å². The minimum atomic E-state index is -0.380. The molecule has 2 N–H and O–H groups in total. The second-order valence-corrected chi connectivity index (χ2v) is 4.94. The molecule has 0 saturated carbocycles. The third-order valence-electron chi connectivity index (χ3n) is 3.22. The van der Waals surface area contributed by atoms with E-state index in [2.05, 4.69) is 17.3 Å². The van der Waals surface area contributed by atoms with Gasteiger partial charge in [0.25, 0.3) is 0 Å². The van der Waals surface area contributed by atoms with Gasteiger partial charge in [0, 0.05) is 13.0 Å². The normalized spacial score (nSPS) is 20.7. The summed E-state index contributed by atoms with van der Waals surface area (Å²) in [5, 5.41) is 12.0. The summed E-state index contributed by atoms with van der Waals surface area (Å²) < 4.78 is 0. The average molecular weight is 228 g/mol. The molecule has 4 heteroatoms. The number of carbonyl (C=O) groups is 1. The average Bonchev–Trinajstić information content (AvgIpc) is 2.25. The number of piperidine rings is 1. The molecule has 0 aromatic carbocycles. The number of nitrogens with one attached hydrogen (secondary N) is 1. The SMILES string of the molecule is CC(O)CCC(=O)NCC1CCN(C)CC1. The highest BCUT2D eigenvalue weighted by Crippen LogP contribution is 2.14. The molecule has 0 aromatic rings. The number of carbonyl (C=O) groups excluding carboxylic acids is 1. The Hall–Kier alpha value is -0.610. The lowest BCUT2D eigenvalue weighted by molar-refractivity contribution is -0.121. The Morgan fingerprint density at radius 2 is 2.12 bits per heavy atom. The van der Waals surface area contributed by atoms with E-state index in [1.807, 2.05) is 0 Å². The molecular weight excluding hydrogens is 204 g/mol. The molecule has 1 saturated heterocycles. The fraction of sp³-hybridized carbons (Fsp3) is 0.917. The summed E-state index contributed by atoms with van der Waals surface area (Å²) >= 11 is 0. The Balaban J connectivity index is 2.07. The second kappa shape index (κ2) is 6.86. The lowest BCUT2D eigenvalue weighted by Crippen LogP contribution is -2.36. The summed E-state index contributed by atoms with van der Waals surface area (Å²) in [7, 11) is 2.14. The van der Waals surface area contributed by atoms with Gasteiger partial charge in [-0.05, 0) is 52.2 Å². The number of likely N-dealkylation sites (tertiary alicyclic amines) is 1. The van der Waals surface area contributed by atoms with Crippen molar-refractivity contribution in [2.24, 2.45) is 5.92 Å². The number of hydrogen-bond acceptors (Lipinski definition) is 3. The maximum Gasteiger partial charge on any atom is 0.220 e. The van der Waals surface area contributed by atoms with Gasteiger partial charge in [-0.15, -0.1) is 0 Å². The van der Waals surface area contributed by atoms with Crippen LogP contribution in [0.1, 0.15) is 32.6 Å². The monoisotopic (exact) mass is 228 g/mol. The molecular formula is C12H24N2O2. The van der Waals surface area contributed by atoms with Gasteiger partial charge in [-0.3, -0.25) is 4.79 Å². The first-order chi connectivity index (χ1) is 7.58. The van der Waals surface area contributed by atoms with Gasteiger partial charge in [0.05, 0.1) is 6.10 Å². The molecule has 0 spiro atoms. The van der Waals surface area contributed by atoms with E-state index in [0.29, 0.717) is 18.8 Å². The van der Waals surface area contributed by atoms with Gasteiger partial charge in [0.2, 0.25) is 5.91 Å². The maximum absolute atomic E-state index is 11.4. The third kappa shape index (κ3) is 5.47. The van der Waals surface area contributed by atoms with E-state index in [4.69, 9.17) is 5.11 Å². The topological polar surface area (TPSA) is 52.6 Å². The highest BCUT2D eigenvalue weighted by molar-refractivity contribution is 5.75. The molecule has 1 aliphatic rings. The number of nitrogens with zero attached hydrogens (tertiary/aromatic N) is 1. The first kappa shape index (κ1) is 13.5. The van der Waals surface area contributed by atoms with Crippen molar-refractivity contribution in [2.75, 3.05) is 26.7 Å². The predicted molar refractivity (Wildman–Crippen MR) is 64.1 cm³/mol. The number of amides is 1. The second-order valence-electron chi connectivity index (χ2n) is 4.94. The van der Waals surface area contributed by atoms with E-state index >= 15 is 0 Å². The summed E-state index contributed by atoms with van der Waals surface area (Å²) in [5.41, 5.74) is 0. The van der Waals surface area contributed by atoms with E-state index in [1.165, 1.54) is 12.8 Å². The molecule has 1 rings (SSSR count). The quantitative estimate of drug-likeness (QED) is 0.725. The van der Waals surface area contributed by atoms with Crippen molar-refractivity contribution in [2.45, 2.75) is 38.7 Å². The summed E-state index contributed by atoms with van der Waals surface area (Å²) in [6.07, 6.45) is 2.96. The predicted octanol–water partition coefficient (Wildman–Crippen LogP) is 0.605. The summed E-state index contributed by atoms with van der Waals surface area (Å²) in [6.45, 7) is 4.78. The molecule has 1 atom stereocenters. The van der Waals surface area contributed by atoms with Crippen LogP contribution in [0.25, 0.3) is 0 Å². The van der Waals surface area contributed by atoms with Crippen molar-refractivity contribution < 1.29 is 9.90 Å². The van der Waals surface area contributed by atoms with E-state index in [9.17, 15) is 4.79 Å². The Morgan fingerprint density at radius 1 is 1.50 bits per heavy atom. The molecule has 1 amide bonds. The highest BCUT2D eigenvalue weighted by atomic mass is 16.3. The number of aliphatic hydroxyl groups is 1. The van der Waals surface area contributed by atoms with E-state index in [-0.39, 0.29) is 12.0 Å². The first-order valence-electron chi connectivity index (χ1n) is 6.21. The lowest BCUT2D eigenvalue weighted by Gasteiger charge is -2.28. The van der Waals surface area contributed by atoms with Crippen LogP contribution in [0.2, 0.25) is 0 Å². The van der Waals surface area contributed by atoms with Crippen LogP contribution < -0.4 is 5.32 Å². The largest absolute Gasteiger partial charge is 0.393 e. The zero-order chi connectivity index (χ0) is 12.0. The summed E-state index contributed by atoms with van der Waals surface area (Å²) in [5.74, 6) is 0.700. The lowest BCUT2D eigenvalue weighted by atomic mass is 9.97. The minimum absolute atomic E-state index is 0.0693. The maximum atomic E-state index is 11.4. The van der Waals surface area contributed by atoms with Crippen LogP contribution in [0.15, 0.2) is 0 Å². The van der Waals surface area contributed by atoms with Gasteiger partial charge >= 0.3 is 0 Å². The third-order valence-corrected chi connectivity index (χ3v) is 3.22. The Kier molecular flexibility index (Phi) is 5.77. The van der Waals surface area contributed by atoms with Crippen molar-refractivity contribution in [3.8, 4) is 0 Å². The number of hydrogen-bond donors (Lipinski definition) is 2. The fourth-order valence-corrected chi connectivity index (χ4v) is 1.95. The Labute approximate surface area is 98.0 Å². The molecule has 0 radical (unpaired) electrons. The molecule has 94 valence electrons. The zero-order valence-electron chi connectivity index (χ0n) is 10.4. The zero-order valence-corrected chi connectivity index (χ0v) is 10.4. The van der Waals surface area contributed by atoms with E-state index < -0.39 is 0 Å². The van der Waals surface area contributed by atoms with Gasteiger partial charge in [-0.2, -0.15) is 0 Å². The number of aliphatic hydroxyl groups excluding tert-OH is 1. The van der Waals surface area contributed by atoms with Crippen LogP contribution in [0.3, 0.4) is 0 Å². The Bertz CT molecular complexity index is 211. The van der Waals surface area contributed by atoms with Gasteiger partial charge in [-0.1, -0.05) is 0 Å². The smallest absolute Gasteiger partial charge is 0.220 e. The van der Waals surface area contributed by atoms with Gasteiger partial charge in [-0.25, -0.2) is 0 Å². The number of rotatable bonds is 5. The van der Waals surface area contributed by atoms with Gasteiger partial charge in [0.1, 0.15) is 0 Å². The van der Waals surface area contributed by atoms with Crippen LogP contribution in [0.4, 0.5) is 0 Å². The van der Waals surface area contributed by atoms with Crippen molar-refractivity contribution in [3.63, 3.8) is 0 Å². The molecule has 0 aliphatic carbocycles. The summed E-state index contributed by atoms with van der Waals surface area (Å²) in [4.78, 5) is 13.7. The van der Waals surface area contributed by atoms with Crippen molar-refractivity contribution >= 4 is 5.91 Å². The van der Waals surface area contributed by atoms with Crippen LogP contribution in [0, 0.1) is 5.92 Å². The minimum Gasteiger partial charge on any atom is -0.393 e. The first-order valence-corrected chi connectivity index (χ1v) is 6.21. The molecule has 0 aromatic heterocycles. The molecule has 1 heterocycles. The van der Waals surface area contributed by atoms with Crippen molar-refractivity contribution in [1.82, 2.24) is 10.2 Å². The fourth-order valence-electron chi connectivity index (χ4n) is 1.95. The summed E-state index contributed by atoms with van der Waals surface area (Å²) in [6, 6.07) is 0. The van der Waals surface area contributed by atoms with Crippen molar-refractivity contribution in [1.29, 1.82) is 0 Å². The Morgan fingerprint density at radius 3 is 2.69 bits per heavy atom. The van der Waals surface area contributed by atoms with Crippen LogP contribution in [-0.4, -0.2) is 48.7 Å². The molecule has 1 fully saturated rings. The molecule has 4 nitrogen and oxygen atoms in total. The highest BCUT2D eigenvalue weighted by Gasteiger charge is 2.17. The standard InChI is InChI=1S/C12H24N2O2/c1-10(15)3-4-12(16)13-9-11-5-7-14(2)8-6-11/h10-11,15H,3-9H2,1-2H3,(H,13,16). The molecule has 1 unspecified atom stereocenters. The van der Waals surface area contributed by atoms with Crippen molar-refractivity contribution in [3.05, 3.63) is 0 Å². The van der Waals surface area contributed by atoms with E-state index in [0.717, 1.165) is 19.6 Å². The van der Waals surface area contributed by atoms with Gasteiger partial charge in [0.15, 0.2) is 0 Å².